The highest BCUT2D eigenvalue weighted by molar-refractivity contribution is 7.89. The topological polar surface area (TPSA) is 95.0 Å². The van der Waals surface area contributed by atoms with E-state index in [0.29, 0.717) is 0 Å². The summed E-state index contributed by atoms with van der Waals surface area (Å²) in [5.74, 6) is -1.50. The number of sulfonamides is 1. The van der Waals surface area contributed by atoms with Crippen LogP contribution in [0.3, 0.4) is 0 Å². The van der Waals surface area contributed by atoms with Gasteiger partial charge in [0.05, 0.1) is 4.90 Å². The second-order valence-corrected chi connectivity index (χ2v) is 8.46. The number of aliphatic carboxylic acids is 1. The molecule has 0 bridgehead atoms. The first-order valence-corrected chi connectivity index (χ1v) is 9.86. The summed E-state index contributed by atoms with van der Waals surface area (Å²) in [7, 11) is -3.92. The van der Waals surface area contributed by atoms with Crippen LogP contribution in [0.15, 0.2) is 23.1 Å². The maximum atomic E-state index is 13.0. The number of aryl methyl sites for hydroxylation is 2. The first kappa shape index (κ1) is 17.9. The minimum absolute atomic E-state index is 0.0179. The summed E-state index contributed by atoms with van der Waals surface area (Å²) >= 11 is 0. The zero-order valence-corrected chi connectivity index (χ0v) is 15.0. The molecule has 1 aromatic rings. The van der Waals surface area contributed by atoms with Crippen molar-refractivity contribution in [1.29, 1.82) is 0 Å². The van der Waals surface area contributed by atoms with E-state index >= 15 is 0 Å². The molecule has 3 rings (SSSR count). The van der Waals surface area contributed by atoms with Gasteiger partial charge in [0, 0.05) is 26.6 Å². The highest BCUT2D eigenvalue weighted by atomic mass is 32.2. The summed E-state index contributed by atoms with van der Waals surface area (Å²) in [5.41, 5.74) is 2.20. The molecule has 1 aromatic carbocycles. The Kier molecular flexibility index (Phi) is 4.83. The largest absolute Gasteiger partial charge is 0.480 e. The number of hydrogen-bond acceptors (Lipinski definition) is 4. The molecular formula is C17H22N2O5S. The molecule has 1 aliphatic carbocycles. The summed E-state index contributed by atoms with van der Waals surface area (Å²) in [5, 5.41) is 9.47. The molecule has 1 saturated heterocycles. The zero-order valence-electron chi connectivity index (χ0n) is 14.1. The van der Waals surface area contributed by atoms with Gasteiger partial charge in [-0.05, 0) is 48.9 Å². The van der Waals surface area contributed by atoms with Crippen LogP contribution < -0.4 is 0 Å². The number of carbonyl (C=O) groups is 2. The van der Waals surface area contributed by atoms with Gasteiger partial charge in [-0.25, -0.2) is 8.42 Å². The van der Waals surface area contributed by atoms with Crippen molar-refractivity contribution in [3.8, 4) is 0 Å². The van der Waals surface area contributed by atoms with Crippen LogP contribution in [0, 0.1) is 0 Å². The van der Waals surface area contributed by atoms with Gasteiger partial charge < -0.3 is 10.0 Å². The van der Waals surface area contributed by atoms with Gasteiger partial charge in [-0.2, -0.15) is 4.31 Å². The number of piperazine rings is 1. The van der Waals surface area contributed by atoms with Crippen LogP contribution in [0.2, 0.25) is 0 Å². The molecule has 1 heterocycles. The Morgan fingerprint density at radius 2 is 1.80 bits per heavy atom. The number of carboxylic acids is 1. The van der Waals surface area contributed by atoms with Gasteiger partial charge >= 0.3 is 5.97 Å². The van der Waals surface area contributed by atoms with Gasteiger partial charge in [0.1, 0.15) is 6.04 Å². The third kappa shape index (κ3) is 3.41. The second-order valence-electron chi connectivity index (χ2n) is 6.57. The molecular weight excluding hydrogens is 344 g/mol. The molecule has 1 amide bonds. The van der Waals surface area contributed by atoms with Crippen LogP contribution in [0.25, 0.3) is 0 Å². The average molecular weight is 366 g/mol. The van der Waals surface area contributed by atoms with Gasteiger partial charge in [0.25, 0.3) is 0 Å². The standard InChI is InChI=1S/C17H22N2O5S/c1-12(20)18-8-9-19(16(11-18)17(21)22)25(23,24)15-7-6-13-4-2-3-5-14(13)10-15/h6-7,10,16H,2-5,8-9,11H2,1H3,(H,21,22)/t16-/m1/s1. The predicted molar refractivity (Wildman–Crippen MR) is 90.7 cm³/mol. The number of hydrogen-bond donors (Lipinski definition) is 1. The van der Waals surface area contributed by atoms with Crippen molar-refractivity contribution in [1.82, 2.24) is 9.21 Å². The van der Waals surface area contributed by atoms with E-state index in [9.17, 15) is 23.1 Å². The summed E-state index contributed by atoms with van der Waals surface area (Å²) in [6, 6.07) is 3.82. The monoisotopic (exact) mass is 366 g/mol. The number of nitrogens with zero attached hydrogens (tertiary/aromatic N) is 2. The molecule has 1 fully saturated rings. The SMILES string of the molecule is CC(=O)N1CCN(S(=O)(=O)c2ccc3c(c2)CCCC3)[C@@H](C(=O)O)C1. The van der Waals surface area contributed by atoms with Crippen molar-refractivity contribution in [3.05, 3.63) is 29.3 Å². The first-order chi connectivity index (χ1) is 11.8. The van der Waals surface area contributed by atoms with Crippen molar-refractivity contribution in [2.45, 2.75) is 43.5 Å². The predicted octanol–water partition coefficient (Wildman–Crippen LogP) is 0.871. The lowest BCUT2D eigenvalue weighted by molar-refractivity contribution is -0.145. The van der Waals surface area contributed by atoms with E-state index in [1.165, 1.54) is 17.4 Å². The van der Waals surface area contributed by atoms with Crippen molar-refractivity contribution in [2.24, 2.45) is 0 Å². The maximum Gasteiger partial charge on any atom is 0.323 e. The molecule has 1 N–H and O–H groups in total. The van der Waals surface area contributed by atoms with Gasteiger partial charge in [-0.1, -0.05) is 6.07 Å². The molecule has 0 aromatic heterocycles. The zero-order chi connectivity index (χ0) is 18.2. The van der Waals surface area contributed by atoms with E-state index in [1.54, 1.807) is 12.1 Å². The van der Waals surface area contributed by atoms with Crippen LogP contribution in [0.4, 0.5) is 0 Å². The Morgan fingerprint density at radius 3 is 2.44 bits per heavy atom. The lowest BCUT2D eigenvalue weighted by atomic mass is 9.92. The van der Waals surface area contributed by atoms with E-state index < -0.39 is 22.0 Å². The molecule has 1 aliphatic heterocycles. The minimum atomic E-state index is -3.92. The highest BCUT2D eigenvalue weighted by Crippen LogP contribution is 2.27. The third-order valence-corrected chi connectivity index (χ3v) is 6.89. The molecule has 1 atom stereocenters. The summed E-state index contributed by atoms with van der Waals surface area (Å²) in [6.45, 7) is 1.40. The highest BCUT2D eigenvalue weighted by Gasteiger charge is 2.41. The number of rotatable bonds is 3. The molecule has 2 aliphatic rings. The van der Waals surface area contributed by atoms with E-state index in [2.05, 4.69) is 0 Å². The number of carbonyl (C=O) groups excluding carboxylic acids is 1. The Balaban J connectivity index is 1.93. The lowest BCUT2D eigenvalue weighted by Gasteiger charge is -2.38. The van der Waals surface area contributed by atoms with Crippen LogP contribution in [-0.4, -0.2) is 60.3 Å². The summed E-state index contributed by atoms with van der Waals surface area (Å²) in [6.07, 6.45) is 3.93. The number of amides is 1. The molecule has 0 unspecified atom stereocenters. The van der Waals surface area contributed by atoms with Crippen LogP contribution in [0.5, 0.6) is 0 Å². The summed E-state index contributed by atoms with van der Waals surface area (Å²) in [4.78, 5) is 24.6. The van der Waals surface area contributed by atoms with E-state index in [4.69, 9.17) is 0 Å². The van der Waals surface area contributed by atoms with Gasteiger partial charge in [0.2, 0.25) is 15.9 Å². The quantitative estimate of drug-likeness (QED) is 0.857. The van der Waals surface area contributed by atoms with Crippen LogP contribution >= 0.6 is 0 Å². The van der Waals surface area contributed by atoms with Gasteiger partial charge in [0.15, 0.2) is 0 Å². The average Bonchev–Trinajstić information content (AvgIpc) is 2.60. The fourth-order valence-electron chi connectivity index (χ4n) is 3.55. The molecule has 7 nitrogen and oxygen atoms in total. The first-order valence-electron chi connectivity index (χ1n) is 8.42. The minimum Gasteiger partial charge on any atom is -0.480 e. The van der Waals surface area contributed by atoms with E-state index in [-0.39, 0.29) is 30.4 Å². The molecule has 8 heteroatoms. The third-order valence-electron chi connectivity index (χ3n) is 4.99. The fraction of sp³-hybridized carbons (Fsp3) is 0.529. The number of benzene rings is 1. The summed E-state index contributed by atoms with van der Waals surface area (Å²) < 4.78 is 27.1. The Bertz CT molecular complexity index is 805. The molecule has 0 radical (unpaired) electrons. The normalized spacial score (nSPS) is 21.6. The van der Waals surface area contributed by atoms with Crippen molar-refractivity contribution in [2.75, 3.05) is 19.6 Å². The van der Waals surface area contributed by atoms with Crippen molar-refractivity contribution < 1.29 is 23.1 Å². The van der Waals surface area contributed by atoms with Gasteiger partial charge in [-0.15, -0.1) is 0 Å². The second kappa shape index (κ2) is 6.76. The number of carboxylic acid groups (broad SMARTS) is 1. The van der Waals surface area contributed by atoms with Crippen LogP contribution in [0.1, 0.15) is 30.9 Å². The van der Waals surface area contributed by atoms with Crippen molar-refractivity contribution in [3.63, 3.8) is 0 Å². The van der Waals surface area contributed by atoms with Crippen LogP contribution in [-0.2, 0) is 32.5 Å². The van der Waals surface area contributed by atoms with Gasteiger partial charge in [-0.3, -0.25) is 9.59 Å². The van der Waals surface area contributed by atoms with E-state index in [1.807, 2.05) is 6.07 Å². The Morgan fingerprint density at radius 1 is 1.12 bits per heavy atom. The number of fused-ring (bicyclic) bond motifs is 1. The molecule has 25 heavy (non-hydrogen) atoms. The molecule has 136 valence electrons. The van der Waals surface area contributed by atoms with E-state index in [0.717, 1.165) is 35.6 Å². The maximum absolute atomic E-state index is 13.0. The molecule has 0 saturated carbocycles. The Hall–Kier alpha value is -1.93. The fourth-order valence-corrected chi connectivity index (χ4v) is 5.16. The lowest BCUT2D eigenvalue weighted by Crippen LogP contribution is -2.58. The smallest absolute Gasteiger partial charge is 0.323 e. The molecule has 0 spiro atoms. The van der Waals surface area contributed by atoms with Crippen molar-refractivity contribution >= 4 is 21.9 Å². The Labute approximate surface area is 147 Å².